The Morgan fingerprint density at radius 1 is 1.14 bits per heavy atom. The first-order valence-corrected chi connectivity index (χ1v) is 7.28. The molecule has 112 valence electrons. The van der Waals surface area contributed by atoms with Crippen molar-refractivity contribution < 1.29 is 4.39 Å². The molecule has 21 heavy (non-hydrogen) atoms. The van der Waals surface area contributed by atoms with E-state index in [-0.39, 0.29) is 5.82 Å². The minimum absolute atomic E-state index is 0.282. The van der Waals surface area contributed by atoms with Crippen LogP contribution in [0.3, 0.4) is 0 Å². The van der Waals surface area contributed by atoms with Crippen molar-refractivity contribution in [3.63, 3.8) is 0 Å². The number of nitrogens with zero attached hydrogens (tertiary/aromatic N) is 2. The summed E-state index contributed by atoms with van der Waals surface area (Å²) in [5.74, 6) is 1.84. The topological polar surface area (TPSA) is 49.8 Å². The minimum Gasteiger partial charge on any atom is -0.370 e. The van der Waals surface area contributed by atoms with Gasteiger partial charge in [-0.05, 0) is 31.9 Å². The molecule has 2 N–H and O–H groups in total. The first-order valence-electron chi connectivity index (χ1n) is 7.28. The van der Waals surface area contributed by atoms with Crippen molar-refractivity contribution >= 4 is 17.3 Å². The van der Waals surface area contributed by atoms with Gasteiger partial charge in [0.25, 0.3) is 0 Å². The van der Waals surface area contributed by atoms with E-state index in [1.54, 1.807) is 12.1 Å². The number of nitrogens with one attached hydrogen (secondary N) is 2. The summed E-state index contributed by atoms with van der Waals surface area (Å²) in [7, 11) is 0. The van der Waals surface area contributed by atoms with Gasteiger partial charge in [-0.3, -0.25) is 0 Å². The molecule has 0 aliphatic rings. The van der Waals surface area contributed by atoms with Crippen LogP contribution >= 0.6 is 0 Å². The molecular weight excluding hydrogens is 267 g/mol. The first kappa shape index (κ1) is 15.2. The second kappa shape index (κ2) is 7.02. The number of hydrogen-bond donors (Lipinski definition) is 2. The van der Waals surface area contributed by atoms with Crippen molar-refractivity contribution in [2.24, 2.45) is 0 Å². The molecule has 0 saturated heterocycles. The Bertz CT molecular complexity index is 569. The summed E-state index contributed by atoms with van der Waals surface area (Å²) in [5, 5.41) is 6.25. The maximum absolute atomic E-state index is 13.9. The van der Waals surface area contributed by atoms with Crippen molar-refractivity contribution in [2.75, 3.05) is 17.2 Å². The molecule has 1 aromatic heterocycles. The van der Waals surface area contributed by atoms with Crippen LogP contribution in [0.15, 0.2) is 24.3 Å². The lowest BCUT2D eigenvalue weighted by Gasteiger charge is -2.12. The minimum atomic E-state index is -0.282. The summed E-state index contributed by atoms with van der Waals surface area (Å²) in [4.78, 5) is 8.90. The highest BCUT2D eigenvalue weighted by atomic mass is 19.1. The zero-order valence-electron chi connectivity index (χ0n) is 12.7. The largest absolute Gasteiger partial charge is 0.370 e. The quantitative estimate of drug-likeness (QED) is 0.842. The van der Waals surface area contributed by atoms with Crippen molar-refractivity contribution in [3.8, 4) is 0 Å². The van der Waals surface area contributed by atoms with Gasteiger partial charge in [-0.1, -0.05) is 19.1 Å². The zero-order valence-corrected chi connectivity index (χ0v) is 12.7. The highest BCUT2D eigenvalue weighted by molar-refractivity contribution is 5.63. The number of para-hydroxylation sites is 1. The van der Waals surface area contributed by atoms with Gasteiger partial charge in [0, 0.05) is 19.0 Å². The highest BCUT2D eigenvalue weighted by Gasteiger charge is 2.09. The fourth-order valence-electron chi connectivity index (χ4n) is 2.09. The molecule has 0 aliphatic carbocycles. The smallest absolute Gasteiger partial charge is 0.146 e. The Hall–Kier alpha value is -2.17. The van der Waals surface area contributed by atoms with Gasteiger partial charge in [0.1, 0.15) is 23.3 Å². The predicted molar refractivity (Wildman–Crippen MR) is 84.6 cm³/mol. The maximum atomic E-state index is 13.9. The van der Waals surface area contributed by atoms with E-state index in [0.29, 0.717) is 11.5 Å². The molecule has 0 saturated carbocycles. The van der Waals surface area contributed by atoms with Crippen LogP contribution in [0.4, 0.5) is 21.7 Å². The van der Waals surface area contributed by atoms with Crippen molar-refractivity contribution in [3.05, 3.63) is 41.5 Å². The first-order chi connectivity index (χ1) is 10.1. The third kappa shape index (κ3) is 3.90. The summed E-state index contributed by atoms with van der Waals surface area (Å²) in [6.45, 7) is 6.73. The molecule has 4 nitrogen and oxygen atoms in total. The van der Waals surface area contributed by atoms with Crippen LogP contribution in [0.1, 0.15) is 31.7 Å². The van der Waals surface area contributed by atoms with Gasteiger partial charge in [0.15, 0.2) is 0 Å². The summed E-state index contributed by atoms with van der Waals surface area (Å²) >= 11 is 0. The standard InChI is InChI=1S/C16H21FN4/c1-4-7-13-19-14(18-5-2)10-15(20-13)21-16-11(3)8-6-9-12(16)17/h6,8-10H,4-5,7H2,1-3H3,(H2,18,19,20,21). The van der Waals surface area contributed by atoms with Crippen LogP contribution in [-0.4, -0.2) is 16.5 Å². The van der Waals surface area contributed by atoms with Gasteiger partial charge in [-0.25, -0.2) is 14.4 Å². The average molecular weight is 288 g/mol. The van der Waals surface area contributed by atoms with E-state index in [4.69, 9.17) is 0 Å². The number of hydrogen-bond acceptors (Lipinski definition) is 4. The molecule has 0 radical (unpaired) electrons. The Labute approximate surface area is 124 Å². The fraction of sp³-hybridized carbons (Fsp3) is 0.375. The molecule has 2 aromatic rings. The second-order valence-corrected chi connectivity index (χ2v) is 4.89. The number of halogens is 1. The van der Waals surface area contributed by atoms with Gasteiger partial charge in [-0.2, -0.15) is 0 Å². The lowest BCUT2D eigenvalue weighted by molar-refractivity contribution is 0.630. The molecule has 0 bridgehead atoms. The molecule has 1 heterocycles. The molecule has 0 atom stereocenters. The van der Waals surface area contributed by atoms with E-state index in [0.717, 1.165) is 36.6 Å². The summed E-state index contributed by atoms with van der Waals surface area (Å²) < 4.78 is 13.9. The van der Waals surface area contributed by atoms with E-state index in [9.17, 15) is 4.39 Å². The van der Waals surface area contributed by atoms with E-state index in [1.807, 2.05) is 19.9 Å². The van der Waals surface area contributed by atoms with Crippen LogP contribution < -0.4 is 10.6 Å². The summed E-state index contributed by atoms with van der Waals surface area (Å²) in [5.41, 5.74) is 1.30. The third-order valence-electron chi connectivity index (χ3n) is 3.08. The lowest BCUT2D eigenvalue weighted by atomic mass is 10.2. The second-order valence-electron chi connectivity index (χ2n) is 4.89. The van der Waals surface area contributed by atoms with Crippen LogP contribution in [0.5, 0.6) is 0 Å². The molecule has 0 amide bonds. The third-order valence-corrected chi connectivity index (χ3v) is 3.08. The van der Waals surface area contributed by atoms with E-state index in [2.05, 4.69) is 27.5 Å². The number of aryl methyl sites for hydroxylation is 2. The van der Waals surface area contributed by atoms with Crippen LogP contribution in [0.2, 0.25) is 0 Å². The molecule has 2 rings (SSSR count). The zero-order chi connectivity index (χ0) is 15.2. The van der Waals surface area contributed by atoms with Crippen molar-refractivity contribution in [1.29, 1.82) is 0 Å². The van der Waals surface area contributed by atoms with Crippen molar-refractivity contribution in [2.45, 2.75) is 33.6 Å². The van der Waals surface area contributed by atoms with Crippen LogP contribution in [-0.2, 0) is 6.42 Å². The Kier molecular flexibility index (Phi) is 5.09. The molecular formula is C16H21FN4. The predicted octanol–water partition coefficient (Wildman–Crippen LogP) is 4.05. The summed E-state index contributed by atoms with van der Waals surface area (Å²) in [6.07, 6.45) is 1.76. The van der Waals surface area contributed by atoms with Gasteiger partial charge in [-0.15, -0.1) is 0 Å². The molecule has 0 unspecified atom stereocenters. The number of benzene rings is 1. The molecule has 0 aliphatic heterocycles. The molecule has 0 spiro atoms. The molecule has 1 aromatic carbocycles. The Morgan fingerprint density at radius 2 is 1.90 bits per heavy atom. The molecule has 0 fully saturated rings. The number of aromatic nitrogens is 2. The van der Waals surface area contributed by atoms with Crippen molar-refractivity contribution in [1.82, 2.24) is 9.97 Å². The Morgan fingerprint density at radius 3 is 2.57 bits per heavy atom. The lowest BCUT2D eigenvalue weighted by Crippen LogP contribution is -2.07. The van der Waals surface area contributed by atoms with Gasteiger partial charge in [0.2, 0.25) is 0 Å². The SMILES string of the molecule is CCCc1nc(NCC)cc(Nc2c(C)cccc2F)n1. The monoisotopic (exact) mass is 288 g/mol. The maximum Gasteiger partial charge on any atom is 0.146 e. The van der Waals surface area contributed by atoms with Crippen LogP contribution in [0, 0.1) is 12.7 Å². The van der Waals surface area contributed by atoms with E-state index < -0.39 is 0 Å². The van der Waals surface area contributed by atoms with E-state index in [1.165, 1.54) is 6.07 Å². The Balaban J connectivity index is 2.34. The highest BCUT2D eigenvalue weighted by Crippen LogP contribution is 2.24. The normalized spacial score (nSPS) is 10.5. The van der Waals surface area contributed by atoms with Gasteiger partial charge < -0.3 is 10.6 Å². The number of anilines is 3. The average Bonchev–Trinajstić information content (AvgIpc) is 2.44. The fourth-order valence-corrected chi connectivity index (χ4v) is 2.09. The molecule has 5 heteroatoms. The van der Waals surface area contributed by atoms with E-state index >= 15 is 0 Å². The van der Waals surface area contributed by atoms with Gasteiger partial charge >= 0.3 is 0 Å². The van der Waals surface area contributed by atoms with Crippen LogP contribution in [0.25, 0.3) is 0 Å². The van der Waals surface area contributed by atoms with Gasteiger partial charge in [0.05, 0.1) is 5.69 Å². The number of rotatable bonds is 6. The summed E-state index contributed by atoms with van der Waals surface area (Å²) in [6, 6.07) is 6.80.